The molecule has 0 aliphatic rings. The maximum Gasteiger partial charge on any atom is 0.488 e. The second-order valence-corrected chi connectivity index (χ2v) is 10.3. The summed E-state index contributed by atoms with van der Waals surface area (Å²) >= 11 is 1.96. The van der Waals surface area contributed by atoms with Gasteiger partial charge in [-0.3, -0.25) is 0 Å². The Morgan fingerprint density at radius 2 is 1.22 bits per heavy atom. The van der Waals surface area contributed by atoms with Gasteiger partial charge in [-0.2, -0.15) is 13.2 Å². The van der Waals surface area contributed by atoms with Crippen LogP contribution in [0.15, 0.2) is 84.9 Å². The summed E-state index contributed by atoms with van der Waals surface area (Å²) < 4.78 is 51.7. The van der Waals surface area contributed by atoms with Gasteiger partial charge >= 0.3 is 22.0 Å². The molecule has 1 unspecified atom stereocenters. The molecule has 0 N–H and O–H groups in total. The van der Waals surface area contributed by atoms with Gasteiger partial charge < -0.3 is 3.29 Å². The van der Waals surface area contributed by atoms with E-state index in [2.05, 4.69) is 0 Å². The molecule has 8 heteroatoms. The van der Waals surface area contributed by atoms with Crippen molar-refractivity contribution in [3.05, 3.63) is 84.9 Å². The van der Waals surface area contributed by atoms with E-state index in [1.54, 1.807) is 18.2 Å². The van der Waals surface area contributed by atoms with Crippen molar-refractivity contribution in [3.8, 4) is 0 Å². The van der Waals surface area contributed by atoms with Crippen molar-refractivity contribution < 1.29 is 17.4 Å². The van der Waals surface area contributed by atoms with Crippen molar-refractivity contribution >= 4 is 57.0 Å². The van der Waals surface area contributed by atoms with Crippen molar-refractivity contribution in [2.75, 3.05) is 3.29 Å². The van der Waals surface area contributed by atoms with E-state index in [1.807, 2.05) is 83.2 Å². The van der Waals surface area contributed by atoms with Gasteiger partial charge in [0, 0.05) is 0 Å². The second kappa shape index (κ2) is 8.58. The van der Waals surface area contributed by atoms with Crippen LogP contribution in [0.2, 0.25) is 0 Å². The molecule has 0 aliphatic carbocycles. The molecule has 136 valence electrons. The number of para-hydroxylation sites is 1. The van der Waals surface area contributed by atoms with Crippen LogP contribution < -0.4 is 19.2 Å². The van der Waals surface area contributed by atoms with Crippen LogP contribution in [0.4, 0.5) is 18.9 Å². The normalized spacial score (nSPS) is 12.7. The molecule has 27 heavy (non-hydrogen) atoms. The molecule has 0 aromatic heterocycles. The molecule has 3 aromatic carbocycles. The summed E-state index contributed by atoms with van der Waals surface area (Å²) in [4.78, 5) is 0. The molecule has 0 bridgehead atoms. The lowest BCUT2D eigenvalue weighted by molar-refractivity contribution is -0.0383. The van der Waals surface area contributed by atoms with E-state index >= 15 is 0 Å². The van der Waals surface area contributed by atoms with Gasteiger partial charge in [0.1, 0.15) is 23.8 Å². The standard InChI is InChI=1S/C19H14F3NOPS.Al/c20-19(21,22)26(24)23-17-13-7-8-14-18(17)25(15-9-3-1-4-10-15)16-11-5-2-6-12-16;/h1-14H;/q-1;+1/p+1. The number of hydrogen-bond acceptors (Lipinski definition) is 1. The molecule has 3 aromatic rings. The third-order valence-corrected chi connectivity index (χ3v) is 8.50. The zero-order valence-electron chi connectivity index (χ0n) is 14.1. The Labute approximate surface area is 168 Å². The second-order valence-electron chi connectivity index (χ2n) is 5.64. The fourth-order valence-electron chi connectivity index (χ4n) is 2.77. The highest BCUT2D eigenvalue weighted by atomic mass is 32.2. The SMILES string of the molecule is O=S([N]([Al])c1ccccc1[PH+](c1ccccc1)c1ccccc1)C(F)(F)F. The highest BCUT2D eigenvalue weighted by molar-refractivity contribution is 7.88. The molecule has 2 nitrogen and oxygen atoms in total. The topological polar surface area (TPSA) is 20.3 Å². The molecule has 1 atom stereocenters. The highest BCUT2D eigenvalue weighted by Crippen LogP contribution is 2.37. The zero-order chi connectivity index (χ0) is 19.4. The molecule has 0 heterocycles. The molecule has 0 fully saturated rings. The van der Waals surface area contributed by atoms with E-state index in [-0.39, 0.29) is 0 Å². The third-order valence-electron chi connectivity index (χ3n) is 3.91. The van der Waals surface area contributed by atoms with Crippen LogP contribution in [0.5, 0.6) is 0 Å². The quantitative estimate of drug-likeness (QED) is 0.459. The highest BCUT2D eigenvalue weighted by Gasteiger charge is 2.41. The number of nitrogens with zero attached hydrogens (tertiary/aromatic N) is 1. The maximum absolute atomic E-state index is 13.0. The number of halogens is 3. The summed E-state index contributed by atoms with van der Waals surface area (Å²) in [7, 11) is -4.75. The van der Waals surface area contributed by atoms with Crippen molar-refractivity contribution in [1.29, 1.82) is 0 Å². The van der Waals surface area contributed by atoms with Gasteiger partial charge in [0.15, 0.2) is 0 Å². The van der Waals surface area contributed by atoms with Gasteiger partial charge in [0.25, 0.3) is 0 Å². The predicted molar refractivity (Wildman–Crippen MR) is 109 cm³/mol. The van der Waals surface area contributed by atoms with Gasteiger partial charge in [0.2, 0.25) is 11.0 Å². The number of rotatable bonds is 5. The Bertz CT molecular complexity index is 885. The Morgan fingerprint density at radius 1 is 0.778 bits per heavy atom. The lowest BCUT2D eigenvalue weighted by Crippen LogP contribution is -2.36. The van der Waals surface area contributed by atoms with E-state index in [0.29, 0.717) is 5.69 Å². The Morgan fingerprint density at radius 3 is 1.70 bits per heavy atom. The van der Waals surface area contributed by atoms with Crippen LogP contribution in [0, 0.1) is 0 Å². The summed E-state index contributed by atoms with van der Waals surface area (Å²) in [5.41, 5.74) is -4.54. The van der Waals surface area contributed by atoms with Crippen LogP contribution >= 0.6 is 7.92 Å². The van der Waals surface area contributed by atoms with E-state index in [4.69, 9.17) is 0 Å². The molecule has 0 saturated carbocycles. The summed E-state index contributed by atoms with van der Waals surface area (Å²) in [6.45, 7) is 0. The summed E-state index contributed by atoms with van der Waals surface area (Å²) in [6.07, 6.45) is 0. The Balaban J connectivity index is 2.16. The number of alkyl halides is 3. The van der Waals surface area contributed by atoms with E-state index in [9.17, 15) is 17.4 Å². The smallest absolute Gasteiger partial charge is 0.396 e. The average molecular weight is 420 g/mol. The lowest BCUT2D eigenvalue weighted by atomic mass is 10.3. The van der Waals surface area contributed by atoms with Crippen molar-refractivity contribution in [2.45, 2.75) is 5.51 Å². The predicted octanol–water partition coefficient (Wildman–Crippen LogP) is 3.25. The first kappa shape index (κ1) is 20.1. The van der Waals surface area contributed by atoms with Gasteiger partial charge in [-0.05, 0) is 36.4 Å². The minimum Gasteiger partial charge on any atom is -0.396 e. The van der Waals surface area contributed by atoms with Crippen LogP contribution in [-0.2, 0) is 11.0 Å². The van der Waals surface area contributed by atoms with Crippen LogP contribution in [-0.4, -0.2) is 26.2 Å². The number of hydrogen-bond donors (Lipinski definition) is 0. The molecule has 0 spiro atoms. The lowest BCUT2D eigenvalue weighted by Gasteiger charge is -2.24. The largest absolute Gasteiger partial charge is 0.488 e. The first-order valence-corrected chi connectivity index (χ1v) is 11.1. The molecule has 0 amide bonds. The maximum atomic E-state index is 13.0. The molecule has 0 aliphatic heterocycles. The van der Waals surface area contributed by atoms with Gasteiger partial charge in [-0.25, -0.2) is 4.21 Å². The van der Waals surface area contributed by atoms with Gasteiger partial charge in [0.05, 0.1) is 5.69 Å². The first-order valence-electron chi connectivity index (χ1n) is 8.00. The fourth-order valence-corrected chi connectivity index (χ4v) is 6.85. The number of anilines is 1. The van der Waals surface area contributed by atoms with E-state index < -0.39 is 24.4 Å². The molecule has 2 radical (unpaired) electrons. The Hall–Kier alpha value is -1.64. The van der Waals surface area contributed by atoms with Crippen molar-refractivity contribution in [1.82, 2.24) is 0 Å². The summed E-state index contributed by atoms with van der Waals surface area (Å²) in [6, 6.07) is 26.2. The molecular weight excluding hydrogens is 405 g/mol. The van der Waals surface area contributed by atoms with Gasteiger partial charge in [-0.15, -0.1) is 0 Å². The monoisotopic (exact) mass is 420 g/mol. The fraction of sp³-hybridized carbons (Fsp3) is 0.0526. The molecule has 0 saturated heterocycles. The van der Waals surface area contributed by atoms with Gasteiger partial charge in [-0.1, -0.05) is 48.5 Å². The first-order chi connectivity index (χ1) is 12.9. The van der Waals surface area contributed by atoms with Crippen molar-refractivity contribution in [2.24, 2.45) is 0 Å². The van der Waals surface area contributed by atoms with E-state index in [0.717, 1.165) is 19.2 Å². The zero-order valence-corrected chi connectivity index (χ0v) is 17.0. The average Bonchev–Trinajstić information content (AvgIpc) is 2.68. The summed E-state index contributed by atoms with van der Waals surface area (Å²) in [5.74, 6) is 0. The van der Waals surface area contributed by atoms with Crippen molar-refractivity contribution in [3.63, 3.8) is 0 Å². The number of benzene rings is 3. The van der Waals surface area contributed by atoms with E-state index in [1.165, 1.54) is 0 Å². The van der Waals surface area contributed by atoms with Crippen LogP contribution in [0.1, 0.15) is 0 Å². The van der Waals surface area contributed by atoms with Crippen LogP contribution in [0.25, 0.3) is 0 Å². The third kappa shape index (κ3) is 4.62. The minimum absolute atomic E-state index is 0.291. The molecule has 3 rings (SSSR count). The summed E-state index contributed by atoms with van der Waals surface area (Å²) in [5, 5.41) is 2.82. The Kier molecular flexibility index (Phi) is 6.39. The molecular formula is C19H15AlF3NOPS+. The van der Waals surface area contributed by atoms with Crippen LogP contribution in [0.3, 0.4) is 0 Å². The minimum atomic E-state index is -4.83.